The maximum atomic E-state index is 11.2. The van der Waals surface area contributed by atoms with Crippen molar-refractivity contribution in [3.63, 3.8) is 0 Å². The van der Waals surface area contributed by atoms with Crippen LogP contribution in [0.3, 0.4) is 0 Å². The maximum Gasteiger partial charge on any atom is 0.265 e. The molecule has 0 fully saturated rings. The van der Waals surface area contributed by atoms with Crippen molar-refractivity contribution in [1.82, 2.24) is 10.3 Å². The highest BCUT2D eigenvalue weighted by Gasteiger charge is 2.07. The number of amides is 1. The van der Waals surface area contributed by atoms with Gasteiger partial charge < -0.3 is 4.90 Å². The molecule has 1 rings (SSSR count). The Bertz CT molecular complexity index is 366. The van der Waals surface area contributed by atoms with Gasteiger partial charge in [-0.2, -0.15) is 0 Å². The molecule has 1 aromatic rings. The first-order chi connectivity index (χ1) is 7.04. The van der Waals surface area contributed by atoms with Crippen molar-refractivity contribution in [2.24, 2.45) is 5.84 Å². The molecule has 0 saturated carbocycles. The smallest absolute Gasteiger partial charge is 0.265 e. The minimum atomic E-state index is -0.285. The fourth-order valence-electron chi connectivity index (χ4n) is 1.24. The molecule has 0 atom stereocenters. The maximum absolute atomic E-state index is 11.2. The summed E-state index contributed by atoms with van der Waals surface area (Å²) in [4.78, 5) is 13.3. The normalized spacial score (nSPS) is 10.5. The Hall–Kier alpha value is -0.910. The first-order valence-corrected chi connectivity index (χ1v) is 5.28. The fourth-order valence-corrected chi connectivity index (χ4v) is 1.74. The number of carbonyl (C=O) groups is 1. The third-order valence-corrected chi connectivity index (χ3v) is 2.67. The number of hydrazine groups is 1. The van der Waals surface area contributed by atoms with E-state index < -0.39 is 0 Å². The van der Waals surface area contributed by atoms with E-state index in [-0.39, 0.29) is 5.91 Å². The lowest BCUT2D eigenvalue weighted by Crippen LogP contribution is -2.30. The molecule has 0 bridgehead atoms. The summed E-state index contributed by atoms with van der Waals surface area (Å²) in [5.41, 5.74) is 3.78. The van der Waals surface area contributed by atoms with E-state index in [0.717, 1.165) is 16.6 Å². The van der Waals surface area contributed by atoms with Gasteiger partial charge in [0.15, 0.2) is 0 Å². The highest BCUT2D eigenvalue weighted by atomic mass is 79.9. The first-order valence-electron chi connectivity index (χ1n) is 4.48. The number of nitrogens with one attached hydrogen (secondary N) is 1. The average Bonchev–Trinajstić information content (AvgIpc) is 2.19. The number of carbonyl (C=O) groups excluding carboxylic acids is 1. The molecule has 0 unspecified atom stereocenters. The largest absolute Gasteiger partial charge is 0.305 e. The average molecular weight is 272 g/mol. The van der Waals surface area contributed by atoms with Gasteiger partial charge in [-0.1, -0.05) is 22.0 Å². The van der Waals surface area contributed by atoms with Crippen molar-refractivity contribution in [3.05, 3.63) is 33.8 Å². The summed E-state index contributed by atoms with van der Waals surface area (Å²) in [6, 6.07) is 5.43. The second-order valence-corrected chi connectivity index (χ2v) is 4.37. The van der Waals surface area contributed by atoms with Gasteiger partial charge in [0.05, 0.1) is 0 Å². The Labute approximate surface area is 97.5 Å². The van der Waals surface area contributed by atoms with Crippen LogP contribution in [0.1, 0.15) is 15.9 Å². The summed E-state index contributed by atoms with van der Waals surface area (Å²) in [7, 11) is 3.99. The third kappa shape index (κ3) is 3.30. The molecule has 82 valence electrons. The lowest BCUT2D eigenvalue weighted by atomic mass is 10.1. The number of hydrogen-bond donors (Lipinski definition) is 2. The predicted octanol–water partition coefficient (Wildman–Crippen LogP) is 1.11. The van der Waals surface area contributed by atoms with Gasteiger partial charge in [0, 0.05) is 16.6 Å². The lowest BCUT2D eigenvalue weighted by molar-refractivity contribution is 0.0953. The molecule has 0 radical (unpaired) electrons. The van der Waals surface area contributed by atoms with Crippen LogP contribution in [0.4, 0.5) is 0 Å². The Morgan fingerprint density at radius 3 is 2.67 bits per heavy atom. The molecule has 5 heteroatoms. The Balaban J connectivity index is 2.93. The van der Waals surface area contributed by atoms with E-state index in [1.165, 1.54) is 0 Å². The first kappa shape index (κ1) is 12.2. The van der Waals surface area contributed by atoms with E-state index in [4.69, 9.17) is 5.84 Å². The molecule has 0 saturated heterocycles. The van der Waals surface area contributed by atoms with Crippen LogP contribution in [0.5, 0.6) is 0 Å². The Morgan fingerprint density at radius 2 is 2.20 bits per heavy atom. The quantitative estimate of drug-likeness (QED) is 0.492. The van der Waals surface area contributed by atoms with Gasteiger partial charge in [-0.3, -0.25) is 10.2 Å². The molecule has 3 N–H and O–H groups in total. The number of nitrogen functional groups attached to an aromatic ring is 1. The zero-order valence-corrected chi connectivity index (χ0v) is 10.3. The molecule has 0 aromatic heterocycles. The number of hydrogen-bond acceptors (Lipinski definition) is 3. The number of nitrogens with two attached hydrogens (primary N) is 1. The van der Waals surface area contributed by atoms with E-state index in [2.05, 4.69) is 26.3 Å². The molecular weight excluding hydrogens is 258 g/mol. The SMILES string of the molecule is CN(C)Cc1ccc(C(=O)NN)cc1Br. The molecular formula is C10H14BrN3O. The van der Waals surface area contributed by atoms with Crippen molar-refractivity contribution >= 4 is 21.8 Å². The highest BCUT2D eigenvalue weighted by molar-refractivity contribution is 9.10. The predicted molar refractivity (Wildman–Crippen MR) is 63.2 cm³/mol. The number of rotatable bonds is 3. The summed E-state index contributed by atoms with van der Waals surface area (Å²) in [6.45, 7) is 0.825. The van der Waals surface area contributed by atoms with Gasteiger partial charge in [0.1, 0.15) is 0 Å². The highest BCUT2D eigenvalue weighted by Crippen LogP contribution is 2.19. The number of nitrogens with zero attached hydrogens (tertiary/aromatic N) is 1. The molecule has 0 aliphatic carbocycles. The topological polar surface area (TPSA) is 58.4 Å². The standard InChI is InChI=1S/C10H14BrN3O/c1-14(2)6-8-4-3-7(5-9(8)11)10(15)13-12/h3-5H,6,12H2,1-2H3,(H,13,15). The zero-order chi connectivity index (χ0) is 11.4. The Kier molecular flexibility index (Phi) is 4.26. The van der Waals surface area contributed by atoms with E-state index in [1.807, 2.05) is 20.2 Å². The van der Waals surface area contributed by atoms with Crippen LogP contribution >= 0.6 is 15.9 Å². The van der Waals surface area contributed by atoms with Crippen LogP contribution < -0.4 is 11.3 Å². The van der Waals surface area contributed by atoms with Gasteiger partial charge >= 0.3 is 0 Å². The van der Waals surface area contributed by atoms with E-state index in [1.54, 1.807) is 12.1 Å². The molecule has 0 aliphatic rings. The number of benzene rings is 1. The van der Waals surface area contributed by atoms with E-state index in [0.29, 0.717) is 5.56 Å². The molecule has 1 aromatic carbocycles. The molecule has 15 heavy (non-hydrogen) atoms. The second kappa shape index (κ2) is 5.25. The zero-order valence-electron chi connectivity index (χ0n) is 8.75. The summed E-state index contributed by atoms with van der Waals surface area (Å²) in [5.74, 6) is 4.76. The van der Waals surface area contributed by atoms with E-state index >= 15 is 0 Å². The molecule has 1 amide bonds. The monoisotopic (exact) mass is 271 g/mol. The minimum absolute atomic E-state index is 0.285. The van der Waals surface area contributed by atoms with Gasteiger partial charge in [0.2, 0.25) is 0 Å². The van der Waals surface area contributed by atoms with Gasteiger partial charge in [0.25, 0.3) is 5.91 Å². The van der Waals surface area contributed by atoms with Crippen LogP contribution in [-0.2, 0) is 6.54 Å². The minimum Gasteiger partial charge on any atom is -0.305 e. The summed E-state index contributed by atoms with van der Waals surface area (Å²) >= 11 is 3.43. The summed E-state index contributed by atoms with van der Waals surface area (Å²) < 4.78 is 0.914. The molecule has 4 nitrogen and oxygen atoms in total. The molecule has 0 heterocycles. The van der Waals surface area contributed by atoms with Crippen LogP contribution in [-0.4, -0.2) is 24.9 Å². The van der Waals surface area contributed by atoms with Gasteiger partial charge in [-0.15, -0.1) is 0 Å². The third-order valence-electron chi connectivity index (χ3n) is 1.93. The van der Waals surface area contributed by atoms with Crippen molar-refractivity contribution in [3.8, 4) is 0 Å². The van der Waals surface area contributed by atoms with E-state index in [9.17, 15) is 4.79 Å². The van der Waals surface area contributed by atoms with Gasteiger partial charge in [-0.05, 0) is 31.8 Å². The summed E-state index contributed by atoms with van der Waals surface area (Å²) in [5, 5.41) is 0. The van der Waals surface area contributed by atoms with Crippen molar-refractivity contribution in [2.45, 2.75) is 6.54 Å². The Morgan fingerprint density at radius 1 is 1.53 bits per heavy atom. The fraction of sp³-hybridized carbons (Fsp3) is 0.300. The van der Waals surface area contributed by atoms with Crippen molar-refractivity contribution < 1.29 is 4.79 Å². The van der Waals surface area contributed by atoms with Crippen molar-refractivity contribution in [1.29, 1.82) is 0 Å². The van der Waals surface area contributed by atoms with Crippen LogP contribution in [0.15, 0.2) is 22.7 Å². The van der Waals surface area contributed by atoms with Crippen LogP contribution in [0.2, 0.25) is 0 Å². The molecule has 0 spiro atoms. The second-order valence-electron chi connectivity index (χ2n) is 3.52. The molecule has 0 aliphatic heterocycles. The number of halogens is 1. The van der Waals surface area contributed by atoms with Gasteiger partial charge in [-0.25, -0.2) is 5.84 Å². The lowest BCUT2D eigenvalue weighted by Gasteiger charge is -2.12. The van der Waals surface area contributed by atoms with Crippen LogP contribution in [0, 0.1) is 0 Å². The van der Waals surface area contributed by atoms with Crippen LogP contribution in [0.25, 0.3) is 0 Å². The van der Waals surface area contributed by atoms with Crippen molar-refractivity contribution in [2.75, 3.05) is 14.1 Å². The summed E-state index contributed by atoms with van der Waals surface area (Å²) in [6.07, 6.45) is 0.